The van der Waals surface area contributed by atoms with Crippen LogP contribution >= 0.6 is 11.6 Å². The van der Waals surface area contributed by atoms with Crippen molar-refractivity contribution in [2.75, 3.05) is 11.9 Å². The van der Waals surface area contributed by atoms with E-state index in [0.717, 1.165) is 5.56 Å². The van der Waals surface area contributed by atoms with Crippen molar-refractivity contribution < 1.29 is 9.72 Å². The molecule has 1 aliphatic heterocycles. The highest BCUT2D eigenvalue weighted by Crippen LogP contribution is 2.30. The maximum atomic E-state index is 12.1. The number of halogens is 1. The van der Waals surface area contributed by atoms with Gasteiger partial charge < -0.3 is 10.6 Å². The number of fused-ring (bicyclic) bond motifs is 1. The van der Waals surface area contributed by atoms with E-state index in [1.807, 2.05) is 18.2 Å². The van der Waals surface area contributed by atoms with Gasteiger partial charge in [0.05, 0.1) is 22.3 Å². The van der Waals surface area contributed by atoms with Crippen LogP contribution in [0.15, 0.2) is 53.5 Å². The number of benzene rings is 2. The number of nitro benzene ring substituents is 1. The maximum absolute atomic E-state index is 12.1. The van der Waals surface area contributed by atoms with Gasteiger partial charge in [0.25, 0.3) is 5.69 Å². The van der Waals surface area contributed by atoms with Gasteiger partial charge >= 0.3 is 0 Å². The number of nitro groups is 1. The molecule has 0 saturated heterocycles. The van der Waals surface area contributed by atoms with E-state index in [1.165, 1.54) is 18.2 Å². The molecule has 132 valence electrons. The van der Waals surface area contributed by atoms with Gasteiger partial charge in [0.1, 0.15) is 0 Å². The van der Waals surface area contributed by atoms with E-state index in [-0.39, 0.29) is 17.6 Å². The van der Waals surface area contributed by atoms with Crippen molar-refractivity contribution in [3.8, 4) is 0 Å². The number of anilines is 1. The molecule has 8 heteroatoms. The molecule has 0 aromatic heterocycles. The van der Waals surface area contributed by atoms with Gasteiger partial charge in [-0.3, -0.25) is 19.9 Å². The molecule has 2 aromatic carbocycles. The van der Waals surface area contributed by atoms with Gasteiger partial charge in [0.15, 0.2) is 0 Å². The summed E-state index contributed by atoms with van der Waals surface area (Å²) in [5.41, 5.74) is 1.87. The van der Waals surface area contributed by atoms with Gasteiger partial charge in [-0.05, 0) is 23.8 Å². The molecule has 0 saturated carbocycles. The third-order valence-electron chi connectivity index (χ3n) is 3.74. The molecule has 0 fully saturated rings. The number of carbonyl (C=O) groups excluding carboxylic acids is 1. The van der Waals surface area contributed by atoms with Gasteiger partial charge in [-0.15, -0.1) is 0 Å². The molecule has 3 rings (SSSR count). The molecule has 1 aliphatic rings. The minimum atomic E-state index is -0.463. The normalized spacial score (nSPS) is 15.8. The average Bonchev–Trinajstić information content (AvgIpc) is 2.83. The summed E-state index contributed by atoms with van der Waals surface area (Å²) < 4.78 is 0. The fourth-order valence-electron chi connectivity index (χ4n) is 2.43. The lowest BCUT2D eigenvalue weighted by molar-refractivity contribution is -0.384. The lowest BCUT2D eigenvalue weighted by atomic mass is 10.2. The number of nitrogens with one attached hydrogen (secondary N) is 2. The molecule has 0 aliphatic carbocycles. The highest BCUT2D eigenvalue weighted by Gasteiger charge is 2.16. The topological polar surface area (TPSA) is 96.6 Å². The second kappa shape index (κ2) is 7.79. The summed E-state index contributed by atoms with van der Waals surface area (Å²) in [6.07, 6.45) is 4.64. The van der Waals surface area contributed by atoms with Crippen LogP contribution in [0, 0.1) is 10.1 Å². The van der Waals surface area contributed by atoms with Gasteiger partial charge in [0.2, 0.25) is 5.91 Å². The molecule has 0 bridgehead atoms. The average molecular weight is 371 g/mol. The van der Waals surface area contributed by atoms with Crippen LogP contribution < -0.4 is 10.6 Å². The first-order valence-corrected chi connectivity index (χ1v) is 8.20. The number of non-ortho nitro benzene ring substituents is 1. The van der Waals surface area contributed by atoms with Crippen LogP contribution in [0.5, 0.6) is 0 Å². The Bertz CT molecular complexity index is 911. The third-order valence-corrected chi connectivity index (χ3v) is 4.09. The summed E-state index contributed by atoms with van der Waals surface area (Å²) in [7, 11) is 0. The fourth-order valence-corrected chi connectivity index (χ4v) is 2.63. The second-order valence-corrected chi connectivity index (χ2v) is 5.99. The first-order chi connectivity index (χ1) is 12.5. The molecule has 0 radical (unpaired) electrons. The Balaban J connectivity index is 1.64. The van der Waals surface area contributed by atoms with Crippen molar-refractivity contribution in [1.29, 1.82) is 0 Å². The largest absolute Gasteiger partial charge is 0.381 e. The molecule has 26 heavy (non-hydrogen) atoms. The van der Waals surface area contributed by atoms with Crippen molar-refractivity contribution in [1.82, 2.24) is 5.32 Å². The Morgan fingerprint density at radius 3 is 2.92 bits per heavy atom. The van der Waals surface area contributed by atoms with E-state index in [1.54, 1.807) is 24.4 Å². The van der Waals surface area contributed by atoms with Crippen LogP contribution in [0.25, 0.3) is 6.08 Å². The Morgan fingerprint density at radius 2 is 2.15 bits per heavy atom. The lowest BCUT2D eigenvalue weighted by Gasteiger charge is -2.12. The molecule has 1 atom stereocenters. The summed E-state index contributed by atoms with van der Waals surface area (Å²) in [5.74, 6) is -0.292. The zero-order valence-electron chi connectivity index (χ0n) is 13.6. The quantitative estimate of drug-likeness (QED) is 0.488. The SMILES string of the molecule is O=C(/C=C\c1ccccc1Cl)N[C@@H]1C=Nc2ccc([N+](=O)[O-])cc2NC1. The minimum absolute atomic E-state index is 0.0170. The van der Waals surface area contributed by atoms with Gasteiger partial charge in [-0.25, -0.2) is 0 Å². The maximum Gasteiger partial charge on any atom is 0.271 e. The summed E-state index contributed by atoms with van der Waals surface area (Å²) in [4.78, 5) is 26.8. The monoisotopic (exact) mass is 370 g/mol. The zero-order chi connectivity index (χ0) is 18.5. The third kappa shape index (κ3) is 4.25. The number of hydrogen-bond acceptors (Lipinski definition) is 5. The van der Waals surface area contributed by atoms with Crippen LogP contribution in [0.3, 0.4) is 0 Å². The van der Waals surface area contributed by atoms with Crippen LogP contribution in [0.2, 0.25) is 5.02 Å². The minimum Gasteiger partial charge on any atom is -0.381 e. The first kappa shape index (κ1) is 17.6. The highest BCUT2D eigenvalue weighted by atomic mass is 35.5. The van der Waals surface area contributed by atoms with E-state index < -0.39 is 4.92 Å². The second-order valence-electron chi connectivity index (χ2n) is 5.59. The van der Waals surface area contributed by atoms with Crippen LogP contribution in [0.1, 0.15) is 5.56 Å². The van der Waals surface area contributed by atoms with Gasteiger partial charge in [-0.1, -0.05) is 29.8 Å². The first-order valence-electron chi connectivity index (χ1n) is 7.82. The lowest BCUT2D eigenvalue weighted by Crippen LogP contribution is -2.39. The number of hydrogen-bond donors (Lipinski definition) is 2. The number of amides is 1. The predicted molar refractivity (Wildman–Crippen MR) is 102 cm³/mol. The van der Waals surface area contributed by atoms with Crippen molar-refractivity contribution in [3.63, 3.8) is 0 Å². The number of rotatable bonds is 4. The predicted octanol–water partition coefficient (Wildman–Crippen LogP) is 3.57. The Labute approximate surface area is 154 Å². The summed E-state index contributed by atoms with van der Waals surface area (Å²) >= 11 is 6.05. The number of aliphatic imine (C=N–C) groups is 1. The van der Waals surface area contributed by atoms with Crippen LogP contribution in [-0.2, 0) is 4.79 Å². The molecule has 2 N–H and O–H groups in total. The van der Waals surface area contributed by atoms with E-state index in [0.29, 0.717) is 22.9 Å². The summed E-state index contributed by atoms with van der Waals surface area (Å²) in [5, 5.41) is 17.3. The molecule has 7 nitrogen and oxygen atoms in total. The molecular weight excluding hydrogens is 356 g/mol. The summed E-state index contributed by atoms with van der Waals surface area (Å²) in [6.45, 7) is 0.364. The van der Waals surface area contributed by atoms with Crippen molar-refractivity contribution in [2.24, 2.45) is 4.99 Å². The smallest absolute Gasteiger partial charge is 0.271 e. The Morgan fingerprint density at radius 1 is 1.35 bits per heavy atom. The molecule has 1 amide bonds. The number of nitrogens with zero attached hydrogens (tertiary/aromatic N) is 2. The molecule has 1 heterocycles. The van der Waals surface area contributed by atoms with Crippen LogP contribution in [-0.4, -0.2) is 29.6 Å². The molecule has 0 spiro atoms. The molecular formula is C18H15ClN4O3. The Kier molecular flexibility index (Phi) is 5.28. The fraction of sp³-hybridized carbons (Fsp3) is 0.111. The molecule has 2 aromatic rings. The zero-order valence-corrected chi connectivity index (χ0v) is 14.3. The Hall–Kier alpha value is -3.19. The van der Waals surface area contributed by atoms with E-state index >= 15 is 0 Å². The van der Waals surface area contributed by atoms with E-state index in [4.69, 9.17) is 11.6 Å². The summed E-state index contributed by atoms with van der Waals surface area (Å²) in [6, 6.07) is 11.2. The number of carbonyl (C=O) groups is 1. The van der Waals surface area contributed by atoms with Crippen molar-refractivity contribution in [3.05, 3.63) is 69.2 Å². The standard InChI is InChI=1S/C18H15ClN4O3/c19-15-4-2-1-3-12(15)5-8-18(24)22-13-10-20-16-7-6-14(23(25)26)9-17(16)21-11-13/h1-10,13,21H,11H2,(H,22,24)/b8-5-/t13-/m1/s1. The molecule has 0 unspecified atom stereocenters. The van der Waals surface area contributed by atoms with E-state index in [2.05, 4.69) is 15.6 Å². The van der Waals surface area contributed by atoms with Crippen LogP contribution in [0.4, 0.5) is 17.1 Å². The van der Waals surface area contributed by atoms with Gasteiger partial charge in [0, 0.05) is 36.0 Å². The van der Waals surface area contributed by atoms with E-state index in [9.17, 15) is 14.9 Å². The highest BCUT2D eigenvalue weighted by molar-refractivity contribution is 6.32. The van der Waals surface area contributed by atoms with Crippen molar-refractivity contribution in [2.45, 2.75) is 6.04 Å². The van der Waals surface area contributed by atoms with Gasteiger partial charge in [-0.2, -0.15) is 0 Å². The van der Waals surface area contributed by atoms with Crippen molar-refractivity contribution >= 4 is 46.9 Å².